The maximum Gasteiger partial charge on any atom is 0.330 e. The summed E-state index contributed by atoms with van der Waals surface area (Å²) in [5.74, 6) is 3.68. The molecular weight excluding hydrogens is 736 g/mol. The maximum absolute atomic E-state index is 12.4. The SMILES string of the molecule is CCO.CCc1c(Cc2ccc(OC)c(OC)c2)n(COCC2CC2)c(=O)[nH]c1=O.CCc1c(Cc2ccc(OC)c(OC)c2)n(COCC2CC2)c(=O)[nH]c1=O. The lowest BCUT2D eigenvalue weighted by Gasteiger charge is -2.17. The van der Waals surface area contributed by atoms with Crippen LogP contribution >= 0.6 is 0 Å². The predicted molar refractivity (Wildman–Crippen MR) is 216 cm³/mol. The second-order valence-corrected chi connectivity index (χ2v) is 13.9. The Bertz CT molecular complexity index is 1990. The van der Waals surface area contributed by atoms with E-state index in [1.807, 2.05) is 50.2 Å². The topological polar surface area (TPSA) is 185 Å². The van der Waals surface area contributed by atoms with Crippen molar-refractivity contribution in [3.8, 4) is 23.0 Å². The highest BCUT2D eigenvalue weighted by Crippen LogP contribution is 2.31. The number of aliphatic hydroxyl groups is 1. The standard InChI is InChI=1S/2C20H26N2O5.C2H6O/c2*1-4-15-16(9-14-7-8-17(25-2)18(10-14)26-3)22(20(24)21-19(15)23)12-27-11-13-5-6-13;1-2-3/h2*7-8,10,13H,4-6,9,11-12H2,1-3H3,(H,21,23,24);3H,2H2,1H3. The third kappa shape index (κ3) is 12.4. The first-order valence-corrected chi connectivity index (χ1v) is 19.4. The molecule has 2 heterocycles. The van der Waals surface area contributed by atoms with Crippen LogP contribution in [0.3, 0.4) is 0 Å². The van der Waals surface area contributed by atoms with Gasteiger partial charge in [-0.05, 0) is 92.7 Å². The quantitative estimate of drug-likeness (QED) is 0.131. The van der Waals surface area contributed by atoms with Gasteiger partial charge in [-0.25, -0.2) is 9.59 Å². The Morgan fingerprint density at radius 3 is 1.25 bits per heavy atom. The second-order valence-electron chi connectivity index (χ2n) is 13.9. The molecule has 57 heavy (non-hydrogen) atoms. The Hall–Kier alpha value is -5.12. The zero-order chi connectivity index (χ0) is 41.5. The molecule has 312 valence electrons. The minimum atomic E-state index is -0.441. The van der Waals surface area contributed by atoms with Crippen molar-refractivity contribution in [3.63, 3.8) is 0 Å². The van der Waals surface area contributed by atoms with Gasteiger partial charge in [-0.2, -0.15) is 0 Å². The summed E-state index contributed by atoms with van der Waals surface area (Å²) in [5.41, 5.74) is 2.83. The Labute approximate surface area is 332 Å². The molecule has 15 nitrogen and oxygen atoms in total. The van der Waals surface area contributed by atoms with Crippen LogP contribution in [0, 0.1) is 11.8 Å². The van der Waals surface area contributed by atoms with E-state index in [1.165, 1.54) is 34.8 Å². The number of rotatable bonds is 18. The lowest BCUT2D eigenvalue weighted by atomic mass is 10.0. The van der Waals surface area contributed by atoms with Crippen LogP contribution in [0.2, 0.25) is 0 Å². The van der Waals surface area contributed by atoms with Gasteiger partial charge in [0.15, 0.2) is 23.0 Å². The Morgan fingerprint density at radius 2 is 0.947 bits per heavy atom. The highest BCUT2D eigenvalue weighted by Gasteiger charge is 2.23. The van der Waals surface area contributed by atoms with Gasteiger partial charge in [-0.3, -0.25) is 28.7 Å². The number of hydrogen-bond acceptors (Lipinski definition) is 11. The van der Waals surface area contributed by atoms with Gasteiger partial charge in [0, 0.05) is 42.0 Å². The number of aliphatic hydroxyl groups excluding tert-OH is 1. The van der Waals surface area contributed by atoms with Gasteiger partial charge >= 0.3 is 11.4 Å². The van der Waals surface area contributed by atoms with Crippen LogP contribution in [-0.4, -0.2) is 72.5 Å². The van der Waals surface area contributed by atoms with Crippen LogP contribution in [0.5, 0.6) is 23.0 Å². The summed E-state index contributed by atoms with van der Waals surface area (Å²) < 4.78 is 35.8. The highest BCUT2D eigenvalue weighted by molar-refractivity contribution is 5.45. The minimum absolute atomic E-state index is 0.141. The number of aromatic nitrogens is 4. The molecule has 6 rings (SSSR count). The van der Waals surface area contributed by atoms with Crippen molar-refractivity contribution in [3.05, 3.63) is 112 Å². The van der Waals surface area contributed by atoms with Crippen molar-refractivity contribution in [2.24, 2.45) is 11.8 Å². The first-order valence-electron chi connectivity index (χ1n) is 19.4. The molecule has 0 saturated heterocycles. The van der Waals surface area contributed by atoms with Gasteiger partial charge in [0.1, 0.15) is 13.5 Å². The van der Waals surface area contributed by atoms with Crippen LogP contribution in [0.25, 0.3) is 0 Å². The molecule has 2 aliphatic rings. The zero-order valence-corrected chi connectivity index (χ0v) is 34.2. The van der Waals surface area contributed by atoms with Crippen molar-refractivity contribution >= 4 is 0 Å². The van der Waals surface area contributed by atoms with Gasteiger partial charge in [0.25, 0.3) is 11.1 Å². The summed E-state index contributed by atoms with van der Waals surface area (Å²) in [5, 5.41) is 7.57. The van der Waals surface area contributed by atoms with Crippen LogP contribution in [0.15, 0.2) is 55.6 Å². The Kier molecular flexibility index (Phi) is 17.2. The van der Waals surface area contributed by atoms with Gasteiger partial charge in [0.05, 0.1) is 41.7 Å². The molecule has 15 heteroatoms. The van der Waals surface area contributed by atoms with Crippen molar-refractivity contribution in [2.75, 3.05) is 48.3 Å². The van der Waals surface area contributed by atoms with Crippen LogP contribution in [-0.2, 0) is 48.6 Å². The van der Waals surface area contributed by atoms with Gasteiger partial charge in [-0.15, -0.1) is 0 Å². The lowest BCUT2D eigenvalue weighted by Crippen LogP contribution is -2.36. The van der Waals surface area contributed by atoms with E-state index >= 15 is 0 Å². The number of benzene rings is 2. The smallest absolute Gasteiger partial charge is 0.330 e. The Morgan fingerprint density at radius 1 is 0.596 bits per heavy atom. The van der Waals surface area contributed by atoms with Crippen molar-refractivity contribution in [1.29, 1.82) is 0 Å². The molecule has 3 N–H and O–H groups in total. The predicted octanol–water partition coefficient (Wildman–Crippen LogP) is 4.18. The number of nitrogens with one attached hydrogen (secondary N) is 2. The van der Waals surface area contributed by atoms with E-state index in [0.29, 0.717) is 96.2 Å². The Balaban J connectivity index is 0.000000236. The fourth-order valence-electron chi connectivity index (χ4n) is 6.28. The van der Waals surface area contributed by atoms with E-state index in [2.05, 4.69) is 9.97 Å². The van der Waals surface area contributed by atoms with Crippen LogP contribution < -0.4 is 41.4 Å². The van der Waals surface area contributed by atoms with Gasteiger partial charge in [-0.1, -0.05) is 26.0 Å². The monoisotopic (exact) mass is 794 g/mol. The third-order valence-electron chi connectivity index (χ3n) is 9.72. The number of ether oxygens (including phenoxy) is 6. The summed E-state index contributed by atoms with van der Waals surface area (Å²) in [4.78, 5) is 54.2. The van der Waals surface area contributed by atoms with E-state index in [1.54, 1.807) is 35.4 Å². The summed E-state index contributed by atoms with van der Waals surface area (Å²) in [6.45, 7) is 7.31. The summed E-state index contributed by atoms with van der Waals surface area (Å²) in [7, 11) is 6.32. The average Bonchev–Trinajstić information content (AvgIpc) is 4.15. The molecule has 0 unspecified atom stereocenters. The summed E-state index contributed by atoms with van der Waals surface area (Å²) in [6.07, 6.45) is 6.63. The third-order valence-corrected chi connectivity index (χ3v) is 9.72. The van der Waals surface area contributed by atoms with E-state index in [0.717, 1.165) is 11.1 Å². The van der Waals surface area contributed by atoms with Crippen molar-refractivity contribution in [1.82, 2.24) is 19.1 Å². The van der Waals surface area contributed by atoms with E-state index in [4.69, 9.17) is 33.5 Å². The van der Waals surface area contributed by atoms with E-state index in [9.17, 15) is 19.2 Å². The van der Waals surface area contributed by atoms with Gasteiger partial charge < -0.3 is 33.5 Å². The molecule has 0 spiro atoms. The molecule has 2 aliphatic carbocycles. The first-order chi connectivity index (χ1) is 27.5. The minimum Gasteiger partial charge on any atom is -0.493 e. The molecule has 2 aromatic heterocycles. The summed E-state index contributed by atoms with van der Waals surface area (Å²) >= 11 is 0. The molecule has 0 radical (unpaired) electrons. The largest absolute Gasteiger partial charge is 0.493 e. The van der Waals surface area contributed by atoms with Crippen LogP contribution in [0.1, 0.15) is 80.1 Å². The maximum atomic E-state index is 12.4. The molecule has 4 aromatic rings. The lowest BCUT2D eigenvalue weighted by molar-refractivity contribution is 0.0639. The first kappa shape index (κ1) is 44.6. The van der Waals surface area contributed by atoms with Crippen molar-refractivity contribution in [2.45, 2.75) is 85.6 Å². The fraction of sp³-hybridized carbons (Fsp3) is 0.524. The van der Waals surface area contributed by atoms with E-state index < -0.39 is 11.4 Å². The molecule has 0 aliphatic heterocycles. The van der Waals surface area contributed by atoms with Gasteiger partial charge in [0.2, 0.25) is 0 Å². The molecule has 0 amide bonds. The van der Waals surface area contributed by atoms with Crippen molar-refractivity contribution < 1.29 is 33.5 Å². The second kappa shape index (κ2) is 22.0. The molecule has 2 saturated carbocycles. The molecule has 2 fully saturated rings. The summed E-state index contributed by atoms with van der Waals surface area (Å²) in [6, 6.07) is 11.2. The molecular formula is C42H58N4O11. The number of nitrogens with zero attached hydrogens (tertiary/aromatic N) is 2. The average molecular weight is 795 g/mol. The van der Waals surface area contributed by atoms with E-state index in [-0.39, 0.29) is 31.2 Å². The number of hydrogen-bond donors (Lipinski definition) is 3. The molecule has 2 aromatic carbocycles. The molecule has 0 bridgehead atoms. The highest BCUT2D eigenvalue weighted by atomic mass is 16.5. The number of methoxy groups -OCH3 is 4. The number of aromatic amines is 2. The fourth-order valence-corrected chi connectivity index (χ4v) is 6.28. The molecule has 0 atom stereocenters. The zero-order valence-electron chi connectivity index (χ0n) is 34.2. The normalized spacial score (nSPS) is 13.2. The van der Waals surface area contributed by atoms with Crippen LogP contribution in [0.4, 0.5) is 0 Å². The number of H-pyrrole nitrogens is 2.